The van der Waals surface area contributed by atoms with Crippen molar-refractivity contribution in [2.24, 2.45) is 4.99 Å². The number of rotatable bonds is 0. The van der Waals surface area contributed by atoms with Crippen LogP contribution >= 0.6 is 0 Å². The van der Waals surface area contributed by atoms with Gasteiger partial charge in [0.1, 0.15) is 0 Å². The molecule has 7 aromatic carbocycles. The molecule has 9 rings (SSSR count). The predicted molar refractivity (Wildman–Crippen MR) is 156 cm³/mol. The van der Waals surface area contributed by atoms with Crippen molar-refractivity contribution in [3.05, 3.63) is 136 Å². The molecule has 37 heavy (non-hydrogen) atoms. The number of nitrogens with zero attached hydrogens (tertiary/aromatic N) is 1. The summed E-state index contributed by atoms with van der Waals surface area (Å²) in [6, 6.07) is 35.9. The fourth-order valence-electron chi connectivity index (χ4n) is 6.76. The Morgan fingerprint density at radius 2 is 1.08 bits per heavy atom. The van der Waals surface area contributed by atoms with Crippen molar-refractivity contribution >= 4 is 65.6 Å². The van der Waals surface area contributed by atoms with Crippen molar-refractivity contribution in [3.8, 4) is 0 Å². The Hall–Kier alpha value is -4.75. The molecule has 0 spiro atoms. The van der Waals surface area contributed by atoms with Crippen LogP contribution in [0.1, 0.15) is 5.56 Å². The third-order valence-electron chi connectivity index (χ3n) is 8.40. The van der Waals surface area contributed by atoms with Crippen molar-refractivity contribution < 1.29 is 0 Å². The summed E-state index contributed by atoms with van der Waals surface area (Å²) in [5.41, 5.74) is 2.51. The van der Waals surface area contributed by atoms with Crippen molar-refractivity contribution in [2.75, 3.05) is 0 Å². The van der Waals surface area contributed by atoms with Gasteiger partial charge in [-0.05, 0) is 101 Å². The average molecular weight is 468 g/mol. The third kappa shape index (κ3) is 2.51. The number of fused-ring (bicyclic) bond motifs is 14. The first-order chi connectivity index (χ1) is 18.3. The molecule has 0 N–H and O–H groups in total. The second kappa shape index (κ2) is 6.93. The first-order valence-electron chi connectivity index (χ1n) is 13.0. The van der Waals surface area contributed by atoms with E-state index < -0.39 is 0 Å². The lowest BCUT2D eigenvalue weighted by atomic mass is 9.87. The van der Waals surface area contributed by atoms with Gasteiger partial charge < -0.3 is 0 Å². The molecule has 0 bridgehead atoms. The number of allylic oxidation sites excluding steroid dienone is 2. The summed E-state index contributed by atoms with van der Waals surface area (Å²) in [4.78, 5) is 4.98. The van der Waals surface area contributed by atoms with Gasteiger partial charge >= 0.3 is 0 Å². The summed E-state index contributed by atoms with van der Waals surface area (Å²) in [6.07, 6.45) is 7.76. The maximum atomic E-state index is 4.98. The molecule has 0 unspecified atom stereocenters. The zero-order chi connectivity index (χ0) is 24.1. The first kappa shape index (κ1) is 19.4. The van der Waals surface area contributed by atoms with Gasteiger partial charge in [0.05, 0.1) is 11.0 Å². The molecular weight excluding hydrogens is 446 g/mol. The van der Waals surface area contributed by atoms with Crippen LogP contribution in [0.4, 0.5) is 5.69 Å². The molecule has 1 heteroatoms. The van der Waals surface area contributed by atoms with Gasteiger partial charge in [0.25, 0.3) is 0 Å². The Labute approximate surface area is 212 Å². The van der Waals surface area contributed by atoms with Crippen molar-refractivity contribution in [1.82, 2.24) is 0 Å². The highest BCUT2D eigenvalue weighted by Crippen LogP contribution is 2.40. The number of benzene rings is 7. The normalized spacial score (nSPS) is 13.6. The van der Waals surface area contributed by atoms with Crippen LogP contribution in [0.5, 0.6) is 0 Å². The SMILES string of the molecule is C1=CCc2c(c3cc4c5ccccc5c5cc6c(cc5c4cc3c3ccccc23)=c2ccccc2=N6)=C1. The second-order valence-electron chi connectivity index (χ2n) is 10.3. The predicted octanol–water partition coefficient (Wildman–Crippen LogP) is 7.90. The van der Waals surface area contributed by atoms with Crippen molar-refractivity contribution in [3.63, 3.8) is 0 Å². The summed E-state index contributed by atoms with van der Waals surface area (Å²) in [6.45, 7) is 0. The van der Waals surface area contributed by atoms with Crippen LogP contribution in [0.25, 0.3) is 59.9 Å². The van der Waals surface area contributed by atoms with Crippen LogP contribution in [0.3, 0.4) is 0 Å². The molecule has 0 saturated heterocycles. The van der Waals surface area contributed by atoms with E-state index in [1.54, 1.807) is 0 Å². The third-order valence-corrected chi connectivity index (χ3v) is 8.40. The zero-order valence-corrected chi connectivity index (χ0v) is 20.1. The Balaban J connectivity index is 1.59. The molecule has 0 saturated carbocycles. The first-order valence-corrected chi connectivity index (χ1v) is 13.0. The van der Waals surface area contributed by atoms with E-state index in [2.05, 4.69) is 115 Å². The minimum absolute atomic E-state index is 0.980. The van der Waals surface area contributed by atoms with Crippen molar-refractivity contribution in [2.45, 2.75) is 6.42 Å². The average Bonchev–Trinajstić information content (AvgIpc) is 3.33. The number of para-hydroxylation sites is 1. The van der Waals surface area contributed by atoms with Crippen LogP contribution in [-0.2, 0) is 6.42 Å². The van der Waals surface area contributed by atoms with Crippen LogP contribution in [0.15, 0.2) is 114 Å². The molecule has 170 valence electrons. The maximum Gasteiger partial charge on any atom is 0.0722 e. The molecule has 0 amide bonds. The molecule has 1 aliphatic heterocycles. The zero-order valence-electron chi connectivity index (χ0n) is 20.1. The quantitative estimate of drug-likeness (QED) is 0.159. The molecule has 0 atom stereocenters. The highest BCUT2D eigenvalue weighted by Gasteiger charge is 2.16. The highest BCUT2D eigenvalue weighted by molar-refractivity contribution is 6.29. The summed E-state index contributed by atoms with van der Waals surface area (Å²) < 4.78 is 0. The Bertz CT molecular complexity index is 2430. The van der Waals surface area contributed by atoms with Gasteiger partial charge in [0.15, 0.2) is 0 Å². The number of hydrogen-bond acceptors (Lipinski definition) is 1. The second-order valence-corrected chi connectivity index (χ2v) is 10.3. The van der Waals surface area contributed by atoms with E-state index >= 15 is 0 Å². The molecule has 7 aromatic rings. The largest absolute Gasteiger partial charge is 0.248 e. The van der Waals surface area contributed by atoms with Gasteiger partial charge in [-0.25, -0.2) is 4.99 Å². The topological polar surface area (TPSA) is 12.4 Å². The smallest absolute Gasteiger partial charge is 0.0722 e. The fraction of sp³-hybridized carbons (Fsp3) is 0.0278. The van der Waals surface area contributed by atoms with Crippen molar-refractivity contribution in [1.29, 1.82) is 0 Å². The highest BCUT2D eigenvalue weighted by atomic mass is 14.7. The van der Waals surface area contributed by atoms with E-state index in [-0.39, 0.29) is 0 Å². The lowest BCUT2D eigenvalue weighted by Crippen LogP contribution is -2.13. The van der Waals surface area contributed by atoms with E-state index in [4.69, 9.17) is 4.99 Å². The minimum Gasteiger partial charge on any atom is -0.248 e. The summed E-state index contributed by atoms with van der Waals surface area (Å²) in [7, 11) is 0. The Morgan fingerprint density at radius 3 is 1.92 bits per heavy atom. The van der Waals surface area contributed by atoms with Crippen LogP contribution in [0, 0.1) is 10.4 Å². The van der Waals surface area contributed by atoms with Gasteiger partial charge in [-0.1, -0.05) is 85.0 Å². The van der Waals surface area contributed by atoms with Crippen LogP contribution in [0.2, 0.25) is 0 Å². The Kier molecular flexibility index (Phi) is 3.64. The lowest BCUT2D eigenvalue weighted by molar-refractivity contribution is 1.27. The monoisotopic (exact) mass is 467 g/mol. The van der Waals surface area contributed by atoms with Gasteiger partial charge in [0.2, 0.25) is 0 Å². The fourth-order valence-corrected chi connectivity index (χ4v) is 6.76. The van der Waals surface area contributed by atoms with E-state index in [1.165, 1.54) is 75.1 Å². The molecule has 1 aliphatic carbocycles. The molecule has 1 nitrogen and oxygen atoms in total. The van der Waals surface area contributed by atoms with Gasteiger partial charge in [0, 0.05) is 10.4 Å². The summed E-state index contributed by atoms with van der Waals surface area (Å²) >= 11 is 0. The molecule has 1 heterocycles. The molecule has 0 fully saturated rings. The van der Waals surface area contributed by atoms with Crippen LogP contribution < -0.4 is 10.6 Å². The Morgan fingerprint density at radius 1 is 0.486 bits per heavy atom. The van der Waals surface area contributed by atoms with E-state index in [9.17, 15) is 0 Å². The minimum atomic E-state index is 0.980. The summed E-state index contributed by atoms with van der Waals surface area (Å²) in [5.74, 6) is 0. The lowest BCUT2D eigenvalue weighted by Gasteiger charge is -2.17. The summed E-state index contributed by atoms with van der Waals surface area (Å²) in [5, 5.41) is 18.0. The number of hydrogen-bond donors (Lipinski definition) is 0. The van der Waals surface area contributed by atoms with Crippen LogP contribution in [-0.4, -0.2) is 0 Å². The molecule has 0 radical (unpaired) electrons. The van der Waals surface area contributed by atoms with E-state index in [1.807, 2.05) is 0 Å². The van der Waals surface area contributed by atoms with Gasteiger partial charge in [-0.3, -0.25) is 0 Å². The van der Waals surface area contributed by atoms with E-state index in [0.717, 1.165) is 17.5 Å². The standard InChI is InChI=1S/C36H21N/c1-3-11-23-21(9-1)22-10-2-4-12-24(22)29-18-31-30(17-28(23)29)25-13-5-6-14-26(25)33-20-36-34(19-32(31)33)27-15-7-8-16-35(27)37-36/h1-8,10-20H,9H2. The molecule has 0 aromatic heterocycles. The van der Waals surface area contributed by atoms with Gasteiger partial charge in [-0.2, -0.15) is 0 Å². The van der Waals surface area contributed by atoms with E-state index in [0.29, 0.717) is 0 Å². The molecular formula is C36H21N. The maximum absolute atomic E-state index is 4.98. The van der Waals surface area contributed by atoms with Gasteiger partial charge in [-0.15, -0.1) is 0 Å². The molecule has 2 aliphatic rings.